The van der Waals surface area contributed by atoms with Crippen LogP contribution in [-0.2, 0) is 13.0 Å². The van der Waals surface area contributed by atoms with Crippen molar-refractivity contribution in [3.05, 3.63) is 45.7 Å². The predicted molar refractivity (Wildman–Crippen MR) is 82.0 cm³/mol. The van der Waals surface area contributed by atoms with E-state index in [2.05, 4.69) is 9.97 Å². The summed E-state index contributed by atoms with van der Waals surface area (Å²) in [6.07, 6.45) is 0.777. The maximum atomic E-state index is 11.4. The molecule has 21 heavy (non-hydrogen) atoms. The highest BCUT2D eigenvalue weighted by atomic mass is 32.1. The lowest BCUT2D eigenvalue weighted by atomic mass is 10.2. The number of para-hydroxylation sites is 1. The molecule has 1 N–H and O–H groups in total. The van der Waals surface area contributed by atoms with E-state index in [-0.39, 0.29) is 0 Å². The summed E-state index contributed by atoms with van der Waals surface area (Å²) in [6.45, 7) is 4.55. The number of fused-ring (bicyclic) bond motifs is 1. The van der Waals surface area contributed by atoms with E-state index in [0.717, 1.165) is 28.5 Å². The highest BCUT2D eigenvalue weighted by Crippen LogP contribution is 2.21. The first-order valence-electron chi connectivity index (χ1n) is 6.66. The number of hydrogen-bond acceptors (Lipinski definition) is 4. The van der Waals surface area contributed by atoms with Gasteiger partial charge in [-0.05, 0) is 26.0 Å². The van der Waals surface area contributed by atoms with Gasteiger partial charge in [-0.3, -0.25) is 0 Å². The zero-order chi connectivity index (χ0) is 15.0. The molecule has 0 aliphatic rings. The summed E-state index contributed by atoms with van der Waals surface area (Å²) in [5.41, 5.74) is 2.73. The summed E-state index contributed by atoms with van der Waals surface area (Å²) in [5, 5.41) is 12.4. The van der Waals surface area contributed by atoms with Crippen molar-refractivity contribution in [1.29, 1.82) is 0 Å². The molecule has 2 heterocycles. The van der Waals surface area contributed by atoms with Crippen LogP contribution in [0.15, 0.2) is 23.6 Å². The fraction of sp³-hybridized carbons (Fsp3) is 0.267. The maximum absolute atomic E-state index is 11.4. The molecule has 0 unspecified atom stereocenters. The Balaban J connectivity index is 2.01. The quantitative estimate of drug-likeness (QED) is 0.804. The number of aromatic carboxylic acids is 1. The lowest BCUT2D eigenvalue weighted by Gasteiger charge is -2.07. The number of rotatable bonds is 4. The summed E-state index contributed by atoms with van der Waals surface area (Å²) in [6, 6.07) is 5.20. The van der Waals surface area contributed by atoms with Gasteiger partial charge < -0.3 is 9.67 Å². The number of hydrogen-bond donors (Lipinski definition) is 1. The molecular formula is C15H15N3O2S. The molecule has 0 saturated heterocycles. The van der Waals surface area contributed by atoms with E-state index >= 15 is 0 Å². The minimum absolute atomic E-state index is 0.295. The summed E-state index contributed by atoms with van der Waals surface area (Å²) in [4.78, 5) is 20.3. The Bertz CT molecular complexity index is 820. The Morgan fingerprint density at radius 1 is 1.33 bits per heavy atom. The van der Waals surface area contributed by atoms with Gasteiger partial charge in [0.1, 0.15) is 5.82 Å². The van der Waals surface area contributed by atoms with Gasteiger partial charge >= 0.3 is 5.97 Å². The minimum atomic E-state index is -0.924. The Labute approximate surface area is 125 Å². The molecule has 0 aliphatic heterocycles. The van der Waals surface area contributed by atoms with Crippen LogP contribution in [0.1, 0.15) is 26.9 Å². The first-order chi connectivity index (χ1) is 10.1. The van der Waals surface area contributed by atoms with Crippen LogP contribution >= 0.6 is 11.3 Å². The number of carbonyl (C=O) groups is 1. The van der Waals surface area contributed by atoms with Crippen molar-refractivity contribution in [3.63, 3.8) is 0 Å². The van der Waals surface area contributed by atoms with Gasteiger partial charge in [0, 0.05) is 24.0 Å². The molecule has 0 atom stereocenters. The number of aryl methyl sites for hydroxylation is 4. The van der Waals surface area contributed by atoms with Gasteiger partial charge in [-0.2, -0.15) is 0 Å². The Morgan fingerprint density at radius 3 is 2.81 bits per heavy atom. The normalized spacial score (nSPS) is 11.1. The molecule has 0 fully saturated rings. The molecule has 3 aromatic rings. The molecule has 0 aliphatic carbocycles. The van der Waals surface area contributed by atoms with Crippen LogP contribution in [0.2, 0.25) is 0 Å². The van der Waals surface area contributed by atoms with Crippen molar-refractivity contribution in [1.82, 2.24) is 14.5 Å². The van der Waals surface area contributed by atoms with Crippen LogP contribution in [0.4, 0.5) is 0 Å². The second-order valence-electron chi connectivity index (χ2n) is 4.92. The Kier molecular flexibility index (Phi) is 3.47. The SMILES string of the molecule is Cc1csc(CCn2c(C)nc3cccc(C(=O)O)c32)n1. The van der Waals surface area contributed by atoms with Crippen LogP contribution < -0.4 is 0 Å². The molecule has 0 saturated carbocycles. The molecule has 3 rings (SSSR count). The van der Waals surface area contributed by atoms with Gasteiger partial charge in [0.25, 0.3) is 0 Å². The maximum Gasteiger partial charge on any atom is 0.337 e. The second-order valence-corrected chi connectivity index (χ2v) is 5.86. The van der Waals surface area contributed by atoms with Crippen LogP contribution in [0, 0.1) is 13.8 Å². The van der Waals surface area contributed by atoms with E-state index in [9.17, 15) is 9.90 Å². The fourth-order valence-corrected chi connectivity index (χ4v) is 3.24. The molecule has 0 radical (unpaired) electrons. The first kappa shape index (κ1) is 13.8. The highest BCUT2D eigenvalue weighted by Gasteiger charge is 2.15. The standard InChI is InChI=1S/C15H15N3O2S/c1-9-8-21-13(16-9)6-7-18-10(2)17-12-5-3-4-11(14(12)18)15(19)20/h3-5,8H,6-7H2,1-2H3,(H,19,20). The number of carboxylic acids is 1. The number of nitrogens with zero attached hydrogens (tertiary/aromatic N) is 3. The highest BCUT2D eigenvalue weighted by molar-refractivity contribution is 7.09. The van der Waals surface area contributed by atoms with Crippen molar-refractivity contribution < 1.29 is 9.90 Å². The lowest BCUT2D eigenvalue weighted by Crippen LogP contribution is -2.07. The summed E-state index contributed by atoms with van der Waals surface area (Å²) < 4.78 is 1.97. The third-order valence-corrected chi connectivity index (χ3v) is 4.43. The minimum Gasteiger partial charge on any atom is -0.478 e. The van der Waals surface area contributed by atoms with Gasteiger partial charge in [0.2, 0.25) is 0 Å². The zero-order valence-electron chi connectivity index (χ0n) is 11.8. The molecule has 0 spiro atoms. The Morgan fingerprint density at radius 2 is 2.14 bits per heavy atom. The second kappa shape index (κ2) is 5.29. The van der Waals surface area contributed by atoms with Crippen molar-refractivity contribution >= 4 is 28.3 Å². The lowest BCUT2D eigenvalue weighted by molar-refractivity contribution is 0.0698. The molecule has 6 heteroatoms. The van der Waals surface area contributed by atoms with Crippen LogP contribution in [0.25, 0.3) is 11.0 Å². The summed E-state index contributed by atoms with van der Waals surface area (Å²) in [5.74, 6) is -0.0983. The van der Waals surface area contributed by atoms with Gasteiger partial charge in [-0.25, -0.2) is 14.8 Å². The predicted octanol–water partition coefficient (Wildman–Crippen LogP) is 3.05. The smallest absolute Gasteiger partial charge is 0.337 e. The van der Waals surface area contributed by atoms with Gasteiger partial charge in [0.05, 0.1) is 21.6 Å². The van der Waals surface area contributed by atoms with Crippen molar-refractivity contribution in [2.45, 2.75) is 26.8 Å². The molecule has 2 aromatic heterocycles. The third-order valence-electron chi connectivity index (χ3n) is 3.40. The van der Waals surface area contributed by atoms with E-state index in [1.54, 1.807) is 23.5 Å². The number of imidazole rings is 1. The molecule has 5 nitrogen and oxygen atoms in total. The van der Waals surface area contributed by atoms with Crippen LogP contribution in [0.5, 0.6) is 0 Å². The topological polar surface area (TPSA) is 68.0 Å². The fourth-order valence-electron chi connectivity index (χ4n) is 2.47. The van der Waals surface area contributed by atoms with Crippen LogP contribution in [0.3, 0.4) is 0 Å². The number of carboxylic acid groups (broad SMARTS) is 1. The van der Waals surface area contributed by atoms with Crippen LogP contribution in [-0.4, -0.2) is 25.6 Å². The molecule has 0 amide bonds. The monoisotopic (exact) mass is 301 g/mol. The molecule has 0 bridgehead atoms. The number of aromatic nitrogens is 3. The first-order valence-corrected chi connectivity index (χ1v) is 7.54. The zero-order valence-corrected chi connectivity index (χ0v) is 12.6. The van der Waals surface area contributed by atoms with E-state index in [1.807, 2.05) is 29.9 Å². The molecule has 108 valence electrons. The van der Waals surface area contributed by atoms with E-state index in [1.165, 1.54) is 0 Å². The summed E-state index contributed by atoms with van der Waals surface area (Å²) in [7, 11) is 0. The van der Waals surface area contributed by atoms with Gasteiger partial charge in [-0.15, -0.1) is 11.3 Å². The van der Waals surface area contributed by atoms with Gasteiger partial charge in [-0.1, -0.05) is 6.07 Å². The third kappa shape index (κ3) is 2.54. The van der Waals surface area contributed by atoms with E-state index in [4.69, 9.17) is 0 Å². The van der Waals surface area contributed by atoms with Crippen molar-refractivity contribution in [3.8, 4) is 0 Å². The summed E-state index contributed by atoms with van der Waals surface area (Å²) >= 11 is 1.63. The van der Waals surface area contributed by atoms with Gasteiger partial charge in [0.15, 0.2) is 0 Å². The van der Waals surface area contributed by atoms with Crippen molar-refractivity contribution in [2.24, 2.45) is 0 Å². The average Bonchev–Trinajstić information content (AvgIpc) is 2.98. The van der Waals surface area contributed by atoms with E-state index < -0.39 is 5.97 Å². The molecule has 1 aromatic carbocycles. The van der Waals surface area contributed by atoms with E-state index in [0.29, 0.717) is 17.6 Å². The number of thiazole rings is 1. The Hall–Kier alpha value is -2.21. The largest absolute Gasteiger partial charge is 0.478 e. The van der Waals surface area contributed by atoms with Crippen molar-refractivity contribution in [2.75, 3.05) is 0 Å². The number of benzene rings is 1. The molecular weight excluding hydrogens is 286 g/mol. The average molecular weight is 301 g/mol.